The number of anilines is 1. The summed E-state index contributed by atoms with van der Waals surface area (Å²) in [6.07, 6.45) is 0.761. The van der Waals surface area contributed by atoms with Crippen molar-refractivity contribution in [3.05, 3.63) is 53.6 Å². The molecule has 2 aromatic rings. The molecular formula is C22H27NO4. The number of carbonyl (C=O) groups excluding carboxylic acids is 1. The van der Waals surface area contributed by atoms with Crippen molar-refractivity contribution in [2.75, 3.05) is 18.5 Å². The highest BCUT2D eigenvalue weighted by Crippen LogP contribution is 2.34. The van der Waals surface area contributed by atoms with Crippen LogP contribution in [0.25, 0.3) is 0 Å². The zero-order valence-electron chi connectivity index (χ0n) is 16.1. The van der Waals surface area contributed by atoms with Crippen LogP contribution in [0, 0.1) is 0 Å². The molecule has 0 saturated heterocycles. The molecule has 1 aliphatic heterocycles. The van der Waals surface area contributed by atoms with Gasteiger partial charge in [0.05, 0.1) is 6.61 Å². The van der Waals surface area contributed by atoms with Gasteiger partial charge in [-0.1, -0.05) is 45.0 Å². The summed E-state index contributed by atoms with van der Waals surface area (Å²) in [5, 5.41) is 12.0. The third-order valence-electron chi connectivity index (χ3n) is 4.61. The topological polar surface area (TPSA) is 67.8 Å². The van der Waals surface area contributed by atoms with E-state index < -0.39 is 0 Å². The average Bonchev–Trinajstić information content (AvgIpc) is 2.65. The van der Waals surface area contributed by atoms with E-state index in [1.807, 2.05) is 0 Å². The molecule has 1 atom stereocenters. The fourth-order valence-electron chi connectivity index (χ4n) is 2.94. The number of fused-ring (bicyclic) bond motifs is 1. The van der Waals surface area contributed by atoms with Crippen molar-refractivity contribution in [3.63, 3.8) is 0 Å². The van der Waals surface area contributed by atoms with E-state index in [0.29, 0.717) is 36.6 Å². The molecule has 1 aliphatic rings. The Labute approximate surface area is 160 Å². The van der Waals surface area contributed by atoms with Crippen LogP contribution in [0.15, 0.2) is 42.5 Å². The predicted molar refractivity (Wildman–Crippen MR) is 106 cm³/mol. The Hall–Kier alpha value is -2.53. The van der Waals surface area contributed by atoms with Gasteiger partial charge in [-0.25, -0.2) is 0 Å². The van der Waals surface area contributed by atoms with E-state index in [9.17, 15) is 4.79 Å². The van der Waals surface area contributed by atoms with Crippen LogP contribution in [0.3, 0.4) is 0 Å². The Balaban J connectivity index is 1.54. The molecule has 2 aromatic carbocycles. The fraction of sp³-hybridized carbons (Fsp3) is 0.409. The number of benzene rings is 2. The lowest BCUT2D eigenvalue weighted by molar-refractivity contribution is -0.116. The number of amides is 1. The van der Waals surface area contributed by atoms with Gasteiger partial charge < -0.3 is 19.9 Å². The van der Waals surface area contributed by atoms with Gasteiger partial charge in [0.2, 0.25) is 5.91 Å². The summed E-state index contributed by atoms with van der Waals surface area (Å²) in [5.41, 5.74) is 3.24. The molecule has 2 N–H and O–H groups in total. The Bertz CT molecular complexity index is 793. The maximum Gasteiger partial charge on any atom is 0.224 e. The zero-order chi connectivity index (χ0) is 19.4. The molecule has 1 amide bonds. The zero-order valence-corrected chi connectivity index (χ0v) is 16.1. The second kappa shape index (κ2) is 8.01. The van der Waals surface area contributed by atoms with E-state index in [4.69, 9.17) is 14.6 Å². The van der Waals surface area contributed by atoms with Crippen LogP contribution in [-0.2, 0) is 16.6 Å². The summed E-state index contributed by atoms with van der Waals surface area (Å²) >= 11 is 0. The van der Waals surface area contributed by atoms with Gasteiger partial charge in [0.1, 0.15) is 6.61 Å². The summed E-state index contributed by atoms with van der Waals surface area (Å²) in [6.45, 7) is 6.77. The number of hydrogen-bond donors (Lipinski definition) is 2. The van der Waals surface area contributed by atoms with E-state index in [0.717, 1.165) is 5.56 Å². The lowest BCUT2D eigenvalue weighted by atomic mass is 9.86. The van der Waals surface area contributed by atoms with Crippen molar-refractivity contribution in [1.82, 2.24) is 0 Å². The quantitative estimate of drug-likeness (QED) is 0.843. The summed E-state index contributed by atoms with van der Waals surface area (Å²) in [5.74, 6) is 1.12. The third-order valence-corrected chi connectivity index (χ3v) is 4.61. The van der Waals surface area contributed by atoms with Gasteiger partial charge in [-0.3, -0.25) is 4.79 Å². The van der Waals surface area contributed by atoms with Crippen LogP contribution < -0.4 is 14.8 Å². The summed E-state index contributed by atoms with van der Waals surface area (Å²) in [7, 11) is 0. The van der Waals surface area contributed by atoms with Gasteiger partial charge in [-0.05, 0) is 35.1 Å². The molecular weight excluding hydrogens is 342 g/mol. The number of carbonyl (C=O) groups is 1. The number of nitrogens with one attached hydrogen (secondary N) is 1. The highest BCUT2D eigenvalue weighted by atomic mass is 16.6. The predicted octanol–water partition coefficient (Wildman–Crippen LogP) is 3.69. The minimum absolute atomic E-state index is 0.0418. The van der Waals surface area contributed by atoms with Crippen molar-refractivity contribution in [2.45, 2.75) is 45.1 Å². The van der Waals surface area contributed by atoms with Gasteiger partial charge in [-0.2, -0.15) is 0 Å². The monoisotopic (exact) mass is 369 g/mol. The molecule has 5 heteroatoms. The summed E-state index contributed by atoms with van der Waals surface area (Å²) in [4.78, 5) is 12.3. The van der Waals surface area contributed by atoms with Gasteiger partial charge in [0, 0.05) is 18.2 Å². The van der Waals surface area contributed by atoms with Gasteiger partial charge in [-0.15, -0.1) is 0 Å². The number of aliphatic hydroxyl groups excluding tert-OH is 1. The molecule has 0 bridgehead atoms. The van der Waals surface area contributed by atoms with Crippen molar-refractivity contribution < 1.29 is 19.4 Å². The normalized spacial score (nSPS) is 16.1. The molecule has 1 unspecified atom stereocenters. The first-order chi connectivity index (χ1) is 12.8. The standard InChI is InChI=1S/C22H27NO4/c1-22(2,3)16-7-4-15(5-8-16)6-11-21(25)23-17-9-10-19-20(12-17)26-14-18(13-24)27-19/h4-5,7-10,12,18,24H,6,11,13-14H2,1-3H3,(H,23,25). The number of hydrogen-bond acceptors (Lipinski definition) is 4. The molecule has 0 saturated carbocycles. The van der Waals surface area contributed by atoms with Gasteiger partial charge in [0.15, 0.2) is 17.6 Å². The summed E-state index contributed by atoms with van der Waals surface area (Å²) in [6, 6.07) is 13.7. The summed E-state index contributed by atoms with van der Waals surface area (Å²) < 4.78 is 11.2. The SMILES string of the molecule is CC(C)(C)c1ccc(CCC(=O)Nc2ccc3c(c2)OCC(CO)O3)cc1. The number of rotatable bonds is 5. The van der Waals surface area contributed by atoms with Crippen molar-refractivity contribution in [2.24, 2.45) is 0 Å². The molecule has 5 nitrogen and oxygen atoms in total. The third kappa shape index (κ3) is 5.01. The van der Waals surface area contributed by atoms with Crippen LogP contribution in [0.2, 0.25) is 0 Å². The second-order valence-corrected chi connectivity index (χ2v) is 7.89. The smallest absolute Gasteiger partial charge is 0.224 e. The van der Waals surface area contributed by atoms with Crippen molar-refractivity contribution in [1.29, 1.82) is 0 Å². The first kappa shape index (κ1) is 19.2. The van der Waals surface area contributed by atoms with E-state index in [1.54, 1.807) is 18.2 Å². The Morgan fingerprint density at radius 3 is 2.56 bits per heavy atom. The van der Waals surface area contributed by atoms with Crippen LogP contribution in [0.4, 0.5) is 5.69 Å². The van der Waals surface area contributed by atoms with E-state index in [1.165, 1.54) is 5.56 Å². The Morgan fingerprint density at radius 1 is 1.15 bits per heavy atom. The van der Waals surface area contributed by atoms with Crippen LogP contribution >= 0.6 is 0 Å². The minimum Gasteiger partial charge on any atom is -0.486 e. The number of ether oxygens (including phenoxy) is 2. The highest BCUT2D eigenvalue weighted by Gasteiger charge is 2.20. The lowest BCUT2D eigenvalue weighted by Crippen LogP contribution is -2.32. The average molecular weight is 369 g/mol. The largest absolute Gasteiger partial charge is 0.486 e. The van der Waals surface area contributed by atoms with Crippen LogP contribution in [0.5, 0.6) is 11.5 Å². The first-order valence-corrected chi connectivity index (χ1v) is 9.29. The van der Waals surface area contributed by atoms with E-state index in [2.05, 4.69) is 50.4 Å². The second-order valence-electron chi connectivity index (χ2n) is 7.89. The van der Waals surface area contributed by atoms with E-state index >= 15 is 0 Å². The molecule has 0 fully saturated rings. The number of aliphatic hydroxyl groups is 1. The van der Waals surface area contributed by atoms with Gasteiger partial charge >= 0.3 is 0 Å². The van der Waals surface area contributed by atoms with Crippen molar-refractivity contribution >= 4 is 11.6 Å². The maximum absolute atomic E-state index is 12.3. The van der Waals surface area contributed by atoms with Crippen molar-refractivity contribution in [3.8, 4) is 11.5 Å². The maximum atomic E-state index is 12.3. The first-order valence-electron chi connectivity index (χ1n) is 9.29. The molecule has 0 radical (unpaired) electrons. The molecule has 0 aliphatic carbocycles. The highest BCUT2D eigenvalue weighted by molar-refractivity contribution is 5.91. The van der Waals surface area contributed by atoms with Gasteiger partial charge in [0.25, 0.3) is 0 Å². The number of aryl methyl sites for hydroxylation is 1. The molecule has 1 heterocycles. The minimum atomic E-state index is -0.345. The molecule has 3 rings (SSSR count). The Kier molecular flexibility index (Phi) is 5.71. The molecule has 144 valence electrons. The van der Waals surface area contributed by atoms with Crippen LogP contribution in [0.1, 0.15) is 38.3 Å². The lowest BCUT2D eigenvalue weighted by Gasteiger charge is -2.25. The fourth-order valence-corrected chi connectivity index (χ4v) is 2.94. The molecule has 0 spiro atoms. The Morgan fingerprint density at radius 2 is 1.89 bits per heavy atom. The van der Waals surface area contributed by atoms with E-state index in [-0.39, 0.29) is 24.0 Å². The molecule has 27 heavy (non-hydrogen) atoms. The van der Waals surface area contributed by atoms with Crippen LogP contribution in [-0.4, -0.2) is 30.3 Å². The molecule has 0 aromatic heterocycles.